The molecule has 2 N–H and O–H groups in total. The minimum absolute atomic E-state index is 0.0462. The number of nitrogens with zero attached hydrogens (tertiary/aromatic N) is 3. The van der Waals surface area contributed by atoms with Crippen LogP contribution in [0.3, 0.4) is 0 Å². The molecule has 2 heterocycles. The van der Waals surface area contributed by atoms with Crippen LogP contribution in [0, 0.1) is 17.8 Å². The van der Waals surface area contributed by atoms with Gasteiger partial charge >= 0.3 is 5.97 Å². The van der Waals surface area contributed by atoms with Crippen LogP contribution < -0.4 is 4.74 Å². The third-order valence-corrected chi connectivity index (χ3v) is 7.03. The molecule has 8 nitrogen and oxygen atoms in total. The lowest BCUT2D eigenvalue weighted by Crippen LogP contribution is -2.49. The normalized spacial score (nSPS) is 17.6. The molecule has 40 heavy (non-hydrogen) atoms. The van der Waals surface area contributed by atoms with Crippen LogP contribution in [-0.2, 0) is 13.0 Å². The number of aliphatic hydroxyl groups excluding tert-OH is 1. The van der Waals surface area contributed by atoms with E-state index in [1.807, 2.05) is 63.4 Å². The zero-order chi connectivity index (χ0) is 28.6. The maximum atomic E-state index is 13.6. The molecule has 0 spiro atoms. The van der Waals surface area contributed by atoms with Gasteiger partial charge < -0.3 is 19.8 Å². The molecule has 0 unspecified atom stereocenters. The van der Waals surface area contributed by atoms with Gasteiger partial charge in [0.05, 0.1) is 18.2 Å². The van der Waals surface area contributed by atoms with Crippen molar-refractivity contribution in [3.05, 3.63) is 94.7 Å². The summed E-state index contributed by atoms with van der Waals surface area (Å²) in [6.45, 7) is 5.26. The smallest absolute Gasteiger partial charge is 0.335 e. The van der Waals surface area contributed by atoms with Crippen molar-refractivity contribution < 1.29 is 24.5 Å². The number of fused-ring (bicyclic) bond motifs is 1. The number of benzene rings is 2. The van der Waals surface area contributed by atoms with Crippen molar-refractivity contribution in [1.29, 1.82) is 0 Å². The number of carboxylic acid groups (broad SMARTS) is 1. The van der Waals surface area contributed by atoms with Gasteiger partial charge in [0.15, 0.2) is 0 Å². The highest BCUT2D eigenvalue weighted by Crippen LogP contribution is 2.27. The van der Waals surface area contributed by atoms with E-state index >= 15 is 0 Å². The molecule has 1 amide bonds. The quantitative estimate of drug-likeness (QED) is 0.419. The number of rotatable bonds is 8. The fourth-order valence-corrected chi connectivity index (χ4v) is 4.67. The molecule has 3 atom stereocenters. The highest BCUT2D eigenvalue weighted by Gasteiger charge is 2.34. The Morgan fingerprint density at radius 1 is 1.18 bits per heavy atom. The van der Waals surface area contributed by atoms with Crippen molar-refractivity contribution in [2.24, 2.45) is 5.92 Å². The van der Waals surface area contributed by atoms with Crippen LogP contribution in [0.5, 0.6) is 5.88 Å². The minimum atomic E-state index is -0.954. The molecule has 0 saturated carbocycles. The van der Waals surface area contributed by atoms with Gasteiger partial charge in [-0.2, -0.15) is 0 Å². The highest BCUT2D eigenvalue weighted by atomic mass is 16.5. The summed E-state index contributed by atoms with van der Waals surface area (Å²) < 4.78 is 6.38. The molecule has 0 radical (unpaired) electrons. The van der Waals surface area contributed by atoms with Crippen molar-refractivity contribution in [2.45, 2.75) is 39.0 Å². The number of hydrogen-bond donors (Lipinski definition) is 2. The predicted octanol–water partition coefficient (Wildman–Crippen LogP) is 3.73. The third-order valence-electron chi connectivity index (χ3n) is 7.03. The zero-order valence-corrected chi connectivity index (χ0v) is 23.1. The summed E-state index contributed by atoms with van der Waals surface area (Å²) in [5.74, 6) is 5.28. The van der Waals surface area contributed by atoms with Crippen LogP contribution >= 0.6 is 0 Å². The molecule has 0 fully saturated rings. The number of aromatic carboxylic acids is 1. The van der Waals surface area contributed by atoms with E-state index < -0.39 is 5.97 Å². The standard InChI is InChI=1S/C32H35N3O5/c1-22-18-35(23(2)21-36)31(37)28-16-26(11-7-10-24-8-5-4-6-9-24)17-33-30(28)40-29(22)20-34(3)19-25-12-14-27(15-13-25)32(38)39/h4-6,8-9,12-17,22-23,29,36H,10,18-21H2,1-3H3,(H,38,39)/t22-,23+,29-/m1/s1. The molecule has 8 heteroatoms. The van der Waals surface area contributed by atoms with E-state index in [4.69, 9.17) is 9.84 Å². The predicted molar refractivity (Wildman–Crippen MR) is 152 cm³/mol. The Balaban J connectivity index is 1.56. The molecule has 0 saturated heterocycles. The zero-order valence-electron chi connectivity index (χ0n) is 23.1. The summed E-state index contributed by atoms with van der Waals surface area (Å²) in [4.78, 5) is 33.1. The van der Waals surface area contributed by atoms with Crippen molar-refractivity contribution in [2.75, 3.05) is 26.7 Å². The number of aromatic nitrogens is 1. The summed E-state index contributed by atoms with van der Waals surface area (Å²) in [7, 11) is 1.97. The molecule has 0 bridgehead atoms. The van der Waals surface area contributed by atoms with Crippen LogP contribution in [0.1, 0.15) is 51.3 Å². The summed E-state index contributed by atoms with van der Waals surface area (Å²) in [5, 5.41) is 19.1. The second-order valence-electron chi connectivity index (χ2n) is 10.4. The average molecular weight is 542 g/mol. The number of ether oxygens (including phenoxy) is 1. The number of carbonyl (C=O) groups is 2. The van der Waals surface area contributed by atoms with Crippen LogP contribution in [0.4, 0.5) is 0 Å². The van der Waals surface area contributed by atoms with Gasteiger partial charge in [0.1, 0.15) is 11.7 Å². The van der Waals surface area contributed by atoms with Crippen LogP contribution in [0.2, 0.25) is 0 Å². The molecule has 208 valence electrons. The van der Waals surface area contributed by atoms with Gasteiger partial charge in [0.2, 0.25) is 5.88 Å². The van der Waals surface area contributed by atoms with Crippen molar-refractivity contribution in [3.63, 3.8) is 0 Å². The maximum absolute atomic E-state index is 13.6. The number of pyridine rings is 1. The number of carbonyl (C=O) groups excluding carboxylic acids is 1. The molecule has 1 aliphatic rings. The average Bonchev–Trinajstić information content (AvgIpc) is 2.95. The van der Waals surface area contributed by atoms with Crippen molar-refractivity contribution >= 4 is 11.9 Å². The Morgan fingerprint density at radius 3 is 2.58 bits per heavy atom. The highest BCUT2D eigenvalue weighted by molar-refractivity contribution is 5.97. The lowest BCUT2D eigenvalue weighted by Gasteiger charge is -2.37. The molecule has 2 aromatic carbocycles. The number of carboxylic acids is 1. The Labute approximate surface area is 235 Å². The second-order valence-corrected chi connectivity index (χ2v) is 10.4. The van der Waals surface area contributed by atoms with E-state index in [2.05, 4.69) is 21.7 Å². The Kier molecular flexibility index (Phi) is 9.54. The molecule has 1 aromatic heterocycles. The summed E-state index contributed by atoms with van der Waals surface area (Å²) >= 11 is 0. The van der Waals surface area contributed by atoms with Gasteiger partial charge in [-0.05, 0) is 43.3 Å². The van der Waals surface area contributed by atoms with E-state index in [1.165, 1.54) is 0 Å². The Morgan fingerprint density at radius 2 is 1.90 bits per heavy atom. The van der Waals surface area contributed by atoms with E-state index in [0.717, 1.165) is 11.1 Å². The molecule has 1 aliphatic heterocycles. The SMILES string of the molecule is C[C@@H]1CN([C@@H](C)CO)C(=O)c2cc(C#CCc3ccccc3)cnc2O[C@@H]1CN(C)Cc1ccc(C(=O)O)cc1. The van der Waals surface area contributed by atoms with Gasteiger partial charge in [-0.15, -0.1) is 0 Å². The molecular weight excluding hydrogens is 506 g/mol. The molecule has 0 aliphatic carbocycles. The minimum Gasteiger partial charge on any atom is -0.478 e. The van der Waals surface area contributed by atoms with Crippen molar-refractivity contribution in [1.82, 2.24) is 14.8 Å². The summed E-state index contributed by atoms with van der Waals surface area (Å²) in [6.07, 6.45) is 1.92. The van der Waals surface area contributed by atoms with Gasteiger partial charge in [-0.25, -0.2) is 9.78 Å². The van der Waals surface area contributed by atoms with Crippen LogP contribution in [0.15, 0.2) is 66.9 Å². The number of likely N-dealkylation sites (N-methyl/N-ethyl adjacent to an activating group) is 1. The fourth-order valence-electron chi connectivity index (χ4n) is 4.67. The summed E-state index contributed by atoms with van der Waals surface area (Å²) in [5.41, 5.74) is 3.29. The van der Waals surface area contributed by atoms with E-state index in [0.29, 0.717) is 37.2 Å². The number of amides is 1. The molecular formula is C32H35N3O5. The van der Waals surface area contributed by atoms with Gasteiger partial charge in [0.25, 0.3) is 5.91 Å². The first-order chi connectivity index (χ1) is 19.2. The lowest BCUT2D eigenvalue weighted by molar-refractivity contribution is 0.0325. The van der Waals surface area contributed by atoms with Gasteiger partial charge in [-0.1, -0.05) is 61.2 Å². The maximum Gasteiger partial charge on any atom is 0.335 e. The van der Waals surface area contributed by atoms with Crippen LogP contribution in [0.25, 0.3) is 0 Å². The van der Waals surface area contributed by atoms with Gasteiger partial charge in [-0.3, -0.25) is 9.69 Å². The molecule has 4 rings (SSSR count). The third kappa shape index (κ3) is 7.26. The molecule has 3 aromatic rings. The monoisotopic (exact) mass is 541 g/mol. The van der Waals surface area contributed by atoms with E-state index in [1.54, 1.807) is 29.3 Å². The van der Waals surface area contributed by atoms with Gasteiger partial charge in [0, 0.05) is 43.7 Å². The van der Waals surface area contributed by atoms with E-state index in [9.17, 15) is 14.7 Å². The Bertz CT molecular complexity index is 1380. The number of aliphatic hydroxyl groups is 1. The topological polar surface area (TPSA) is 103 Å². The van der Waals surface area contributed by atoms with Crippen LogP contribution in [-0.4, -0.2) is 75.8 Å². The largest absolute Gasteiger partial charge is 0.478 e. The second kappa shape index (κ2) is 13.2. The van der Waals surface area contributed by atoms with E-state index in [-0.39, 0.29) is 42.0 Å². The first kappa shape index (κ1) is 28.8. The fraction of sp³-hybridized carbons (Fsp3) is 0.344. The first-order valence-electron chi connectivity index (χ1n) is 13.4. The van der Waals surface area contributed by atoms with Crippen molar-refractivity contribution in [3.8, 4) is 17.7 Å². The number of hydrogen-bond acceptors (Lipinski definition) is 6. The Hall–Kier alpha value is -4.19. The summed E-state index contributed by atoms with van der Waals surface area (Å²) in [6, 6.07) is 18.1. The first-order valence-corrected chi connectivity index (χ1v) is 13.4. The lowest BCUT2D eigenvalue weighted by atomic mass is 9.99.